The molecule has 0 spiro atoms. The van der Waals surface area contributed by atoms with Crippen LogP contribution in [0.3, 0.4) is 0 Å². The summed E-state index contributed by atoms with van der Waals surface area (Å²) in [5.74, 6) is 0.503. The van der Waals surface area contributed by atoms with Gasteiger partial charge in [0.1, 0.15) is 0 Å². The van der Waals surface area contributed by atoms with Crippen LogP contribution < -0.4 is 16.4 Å². The van der Waals surface area contributed by atoms with Gasteiger partial charge in [-0.2, -0.15) is 0 Å². The predicted molar refractivity (Wildman–Crippen MR) is 110 cm³/mol. The first kappa shape index (κ1) is 22.3. The first-order valence-corrected chi connectivity index (χ1v) is 10.7. The SMILES string of the molecule is Cl.NCC(NC(=O)C1CCCN(C(=O)NC2CCCC2)C1)C1CCCCC1. The monoisotopic (exact) mass is 400 g/mol. The summed E-state index contributed by atoms with van der Waals surface area (Å²) in [7, 11) is 0. The molecule has 1 saturated heterocycles. The highest BCUT2D eigenvalue weighted by molar-refractivity contribution is 5.85. The molecule has 27 heavy (non-hydrogen) atoms. The number of nitrogens with two attached hydrogens (primary N) is 1. The summed E-state index contributed by atoms with van der Waals surface area (Å²) in [5.41, 5.74) is 5.96. The number of piperidine rings is 1. The smallest absolute Gasteiger partial charge is 0.317 e. The third-order valence-electron chi connectivity index (χ3n) is 6.56. The first-order valence-electron chi connectivity index (χ1n) is 10.7. The minimum atomic E-state index is -0.101. The van der Waals surface area contributed by atoms with E-state index in [-0.39, 0.29) is 36.3 Å². The van der Waals surface area contributed by atoms with Gasteiger partial charge in [-0.3, -0.25) is 4.79 Å². The van der Waals surface area contributed by atoms with Gasteiger partial charge in [0, 0.05) is 31.7 Å². The lowest BCUT2D eigenvalue weighted by Gasteiger charge is -2.35. The van der Waals surface area contributed by atoms with E-state index in [2.05, 4.69) is 10.6 Å². The molecule has 0 aromatic carbocycles. The lowest BCUT2D eigenvalue weighted by Crippen LogP contribution is -2.53. The number of carbonyl (C=O) groups is 2. The third kappa shape index (κ3) is 6.24. The van der Waals surface area contributed by atoms with Gasteiger partial charge in [0.25, 0.3) is 0 Å². The van der Waals surface area contributed by atoms with Crippen LogP contribution in [0.25, 0.3) is 0 Å². The molecular formula is C20H37ClN4O2. The van der Waals surface area contributed by atoms with E-state index in [0.717, 1.165) is 32.2 Å². The number of likely N-dealkylation sites (tertiary alicyclic amines) is 1. The van der Waals surface area contributed by atoms with E-state index < -0.39 is 0 Å². The molecule has 2 aliphatic carbocycles. The van der Waals surface area contributed by atoms with Gasteiger partial charge in [0.2, 0.25) is 5.91 Å². The standard InChI is InChI=1S/C20H36N4O2.ClH/c21-13-18(15-7-2-1-3-8-15)23-19(25)16-9-6-12-24(14-16)20(26)22-17-10-4-5-11-17;/h15-18H,1-14,21H2,(H,22,26)(H,23,25);1H. The number of hydrogen-bond acceptors (Lipinski definition) is 3. The van der Waals surface area contributed by atoms with Crippen molar-refractivity contribution >= 4 is 24.3 Å². The lowest BCUT2D eigenvalue weighted by molar-refractivity contribution is -0.127. The van der Waals surface area contributed by atoms with Crippen LogP contribution in [0.4, 0.5) is 4.79 Å². The van der Waals surface area contributed by atoms with Crippen molar-refractivity contribution < 1.29 is 9.59 Å². The van der Waals surface area contributed by atoms with E-state index in [1.54, 1.807) is 0 Å². The zero-order chi connectivity index (χ0) is 18.4. The maximum atomic E-state index is 12.8. The molecule has 3 aliphatic rings. The third-order valence-corrected chi connectivity index (χ3v) is 6.56. The minimum Gasteiger partial charge on any atom is -0.352 e. The van der Waals surface area contributed by atoms with Gasteiger partial charge in [-0.15, -0.1) is 12.4 Å². The normalized spacial score (nSPS) is 25.5. The molecule has 0 bridgehead atoms. The summed E-state index contributed by atoms with van der Waals surface area (Å²) < 4.78 is 0. The second-order valence-corrected chi connectivity index (χ2v) is 8.46. The van der Waals surface area contributed by atoms with Crippen LogP contribution in [0.5, 0.6) is 0 Å². The van der Waals surface area contributed by atoms with E-state index in [4.69, 9.17) is 5.73 Å². The molecule has 3 fully saturated rings. The van der Waals surface area contributed by atoms with Crippen molar-refractivity contribution in [3.63, 3.8) is 0 Å². The maximum Gasteiger partial charge on any atom is 0.317 e. The highest BCUT2D eigenvalue weighted by Gasteiger charge is 2.32. The van der Waals surface area contributed by atoms with Crippen molar-refractivity contribution in [2.75, 3.05) is 19.6 Å². The molecule has 2 saturated carbocycles. The second-order valence-electron chi connectivity index (χ2n) is 8.46. The van der Waals surface area contributed by atoms with Gasteiger partial charge < -0.3 is 21.3 Å². The largest absolute Gasteiger partial charge is 0.352 e. The van der Waals surface area contributed by atoms with Gasteiger partial charge >= 0.3 is 6.03 Å². The van der Waals surface area contributed by atoms with Crippen LogP contribution in [-0.4, -0.2) is 48.6 Å². The summed E-state index contributed by atoms with van der Waals surface area (Å²) in [6.07, 6.45) is 12.5. The molecule has 0 aromatic heterocycles. The maximum absolute atomic E-state index is 12.8. The second kappa shape index (κ2) is 11.1. The van der Waals surface area contributed by atoms with E-state index in [9.17, 15) is 9.59 Å². The molecule has 0 aromatic rings. The van der Waals surface area contributed by atoms with Gasteiger partial charge in [-0.1, -0.05) is 32.1 Å². The van der Waals surface area contributed by atoms with Crippen LogP contribution in [0.2, 0.25) is 0 Å². The number of amides is 3. The fraction of sp³-hybridized carbons (Fsp3) is 0.900. The first-order chi connectivity index (χ1) is 12.7. The van der Waals surface area contributed by atoms with Crippen molar-refractivity contribution in [1.82, 2.24) is 15.5 Å². The molecule has 3 rings (SSSR count). The van der Waals surface area contributed by atoms with Crippen molar-refractivity contribution in [2.45, 2.75) is 82.7 Å². The molecule has 6 nitrogen and oxygen atoms in total. The number of nitrogens with zero attached hydrogens (tertiary/aromatic N) is 1. The Kier molecular flexibility index (Phi) is 9.16. The number of rotatable bonds is 5. The summed E-state index contributed by atoms with van der Waals surface area (Å²) >= 11 is 0. The average molecular weight is 401 g/mol. The molecule has 7 heteroatoms. The Morgan fingerprint density at radius 2 is 1.63 bits per heavy atom. The van der Waals surface area contributed by atoms with Gasteiger partial charge in [0.05, 0.1) is 5.92 Å². The molecule has 3 amide bonds. The van der Waals surface area contributed by atoms with Crippen LogP contribution in [0.15, 0.2) is 0 Å². The lowest BCUT2D eigenvalue weighted by atomic mass is 9.83. The van der Waals surface area contributed by atoms with Gasteiger partial charge in [-0.05, 0) is 44.4 Å². The summed E-state index contributed by atoms with van der Waals surface area (Å²) in [6.45, 7) is 1.80. The fourth-order valence-electron chi connectivity index (χ4n) is 4.92. The predicted octanol–water partition coefficient (Wildman–Crippen LogP) is 2.80. The number of halogens is 1. The Balaban J connectivity index is 0.00000261. The van der Waals surface area contributed by atoms with E-state index in [1.165, 1.54) is 44.9 Å². The molecule has 1 aliphatic heterocycles. The van der Waals surface area contributed by atoms with Crippen LogP contribution in [-0.2, 0) is 4.79 Å². The zero-order valence-corrected chi connectivity index (χ0v) is 17.3. The fourth-order valence-corrected chi connectivity index (χ4v) is 4.92. The van der Waals surface area contributed by atoms with Crippen molar-refractivity contribution in [3.8, 4) is 0 Å². The number of urea groups is 1. The van der Waals surface area contributed by atoms with Crippen molar-refractivity contribution in [1.29, 1.82) is 0 Å². The number of carbonyl (C=O) groups excluding carboxylic acids is 2. The molecule has 4 N–H and O–H groups in total. The summed E-state index contributed by atoms with van der Waals surface area (Å²) in [5, 5.41) is 6.36. The van der Waals surface area contributed by atoms with Crippen LogP contribution in [0, 0.1) is 11.8 Å². The Morgan fingerprint density at radius 3 is 2.30 bits per heavy atom. The Hall–Kier alpha value is -1.01. The van der Waals surface area contributed by atoms with E-state index in [0.29, 0.717) is 25.0 Å². The molecule has 2 unspecified atom stereocenters. The van der Waals surface area contributed by atoms with E-state index in [1.807, 2.05) is 4.90 Å². The number of hydrogen-bond donors (Lipinski definition) is 3. The zero-order valence-electron chi connectivity index (χ0n) is 16.5. The molecule has 156 valence electrons. The van der Waals surface area contributed by atoms with Crippen LogP contribution >= 0.6 is 12.4 Å². The quantitative estimate of drug-likeness (QED) is 0.663. The number of nitrogens with one attached hydrogen (secondary N) is 2. The average Bonchev–Trinajstić information content (AvgIpc) is 3.19. The van der Waals surface area contributed by atoms with Crippen molar-refractivity contribution in [3.05, 3.63) is 0 Å². The Morgan fingerprint density at radius 1 is 0.963 bits per heavy atom. The molecule has 0 radical (unpaired) electrons. The van der Waals surface area contributed by atoms with E-state index >= 15 is 0 Å². The highest BCUT2D eigenvalue weighted by Crippen LogP contribution is 2.27. The molecule has 2 atom stereocenters. The minimum absolute atomic E-state index is 0. The highest BCUT2D eigenvalue weighted by atomic mass is 35.5. The molecule has 1 heterocycles. The topological polar surface area (TPSA) is 87.5 Å². The summed E-state index contributed by atoms with van der Waals surface area (Å²) in [6, 6.07) is 0.423. The van der Waals surface area contributed by atoms with Gasteiger partial charge in [0.15, 0.2) is 0 Å². The Bertz CT molecular complexity index is 479. The molecular weight excluding hydrogens is 364 g/mol. The van der Waals surface area contributed by atoms with Gasteiger partial charge in [-0.25, -0.2) is 4.79 Å². The Labute approximate surface area is 169 Å². The van der Waals surface area contributed by atoms with Crippen molar-refractivity contribution in [2.24, 2.45) is 17.6 Å². The summed E-state index contributed by atoms with van der Waals surface area (Å²) in [4.78, 5) is 27.1. The van der Waals surface area contributed by atoms with Crippen LogP contribution in [0.1, 0.15) is 70.6 Å².